The van der Waals surface area contributed by atoms with Crippen molar-refractivity contribution in [3.63, 3.8) is 0 Å². The molecule has 1 N–H and O–H groups in total. The zero-order valence-corrected chi connectivity index (χ0v) is 12.1. The molecule has 0 bridgehead atoms. The fourth-order valence-electron chi connectivity index (χ4n) is 2.40. The number of aryl methyl sites for hydroxylation is 2. The van der Waals surface area contributed by atoms with Gasteiger partial charge in [0.25, 0.3) is 0 Å². The van der Waals surface area contributed by atoms with E-state index in [1.54, 1.807) is 6.20 Å². The van der Waals surface area contributed by atoms with Gasteiger partial charge >= 0.3 is 0 Å². The molecule has 3 aromatic rings. The highest BCUT2D eigenvalue weighted by Gasteiger charge is 2.02. The Labute approximate surface area is 124 Å². The number of nitrogens with one attached hydrogen (secondary N) is 1. The maximum atomic E-state index is 4.40. The molecule has 4 heteroatoms. The van der Waals surface area contributed by atoms with Crippen LogP contribution in [0, 0.1) is 6.92 Å². The fourth-order valence-corrected chi connectivity index (χ4v) is 2.40. The minimum absolute atomic E-state index is 0.861. The summed E-state index contributed by atoms with van der Waals surface area (Å²) in [6, 6.07) is 8.06. The summed E-state index contributed by atoms with van der Waals surface area (Å²) in [5.41, 5.74) is 3.54. The first-order valence-electron chi connectivity index (χ1n) is 7.18. The molecule has 0 radical (unpaired) electrons. The van der Waals surface area contributed by atoms with E-state index in [9.17, 15) is 0 Å². The SMILES string of the molecule is Cc1cnccc1CCCNc1nccc2cccnc12. The second-order valence-electron chi connectivity index (χ2n) is 5.07. The molecule has 0 aliphatic rings. The van der Waals surface area contributed by atoms with E-state index in [4.69, 9.17) is 0 Å². The lowest BCUT2D eigenvalue weighted by molar-refractivity contribution is 0.851. The number of rotatable bonds is 5. The first-order chi connectivity index (χ1) is 10.3. The molecule has 3 heterocycles. The van der Waals surface area contributed by atoms with Crippen LogP contribution >= 0.6 is 0 Å². The van der Waals surface area contributed by atoms with Crippen LogP contribution in [0.1, 0.15) is 17.5 Å². The molecule has 0 unspecified atom stereocenters. The molecule has 0 atom stereocenters. The lowest BCUT2D eigenvalue weighted by Crippen LogP contribution is -2.06. The zero-order valence-electron chi connectivity index (χ0n) is 12.1. The summed E-state index contributed by atoms with van der Waals surface area (Å²) in [5, 5.41) is 4.50. The van der Waals surface area contributed by atoms with E-state index in [1.807, 2.05) is 30.7 Å². The standard InChI is InChI=1S/C17H18N4/c1-13-12-18-10-6-14(13)4-2-9-20-17-16-15(7-11-21-17)5-3-8-19-16/h3,5-8,10-12H,2,4,9H2,1H3,(H,20,21). The van der Waals surface area contributed by atoms with Crippen LogP contribution in [-0.2, 0) is 6.42 Å². The maximum absolute atomic E-state index is 4.40. The number of hydrogen-bond donors (Lipinski definition) is 1. The van der Waals surface area contributed by atoms with Crippen LogP contribution in [-0.4, -0.2) is 21.5 Å². The second-order valence-corrected chi connectivity index (χ2v) is 5.07. The van der Waals surface area contributed by atoms with Gasteiger partial charge in [0.1, 0.15) is 5.52 Å². The summed E-state index contributed by atoms with van der Waals surface area (Å²) >= 11 is 0. The third-order valence-electron chi connectivity index (χ3n) is 3.57. The van der Waals surface area contributed by atoms with Crippen molar-refractivity contribution in [3.05, 3.63) is 60.2 Å². The molecule has 0 aliphatic carbocycles. The Morgan fingerprint density at radius 1 is 1.05 bits per heavy atom. The molecular weight excluding hydrogens is 260 g/mol. The largest absolute Gasteiger partial charge is 0.368 e. The monoisotopic (exact) mass is 278 g/mol. The summed E-state index contributed by atoms with van der Waals surface area (Å²) in [5.74, 6) is 0.861. The van der Waals surface area contributed by atoms with Crippen LogP contribution in [0.2, 0.25) is 0 Å². The highest BCUT2D eigenvalue weighted by molar-refractivity contribution is 5.87. The molecule has 21 heavy (non-hydrogen) atoms. The Morgan fingerprint density at radius 3 is 2.90 bits per heavy atom. The maximum Gasteiger partial charge on any atom is 0.152 e. The summed E-state index contributed by atoms with van der Waals surface area (Å²) in [4.78, 5) is 12.9. The summed E-state index contributed by atoms with van der Waals surface area (Å²) < 4.78 is 0. The fraction of sp³-hybridized carbons (Fsp3) is 0.235. The Balaban J connectivity index is 1.61. The van der Waals surface area contributed by atoms with E-state index in [0.29, 0.717) is 0 Å². The lowest BCUT2D eigenvalue weighted by Gasteiger charge is -2.08. The first kappa shape index (κ1) is 13.5. The van der Waals surface area contributed by atoms with E-state index in [2.05, 4.69) is 39.3 Å². The van der Waals surface area contributed by atoms with Gasteiger partial charge in [0.2, 0.25) is 0 Å². The average molecular weight is 278 g/mol. The van der Waals surface area contributed by atoms with Gasteiger partial charge in [-0.2, -0.15) is 0 Å². The number of anilines is 1. The van der Waals surface area contributed by atoms with E-state index < -0.39 is 0 Å². The molecule has 0 fully saturated rings. The summed E-state index contributed by atoms with van der Waals surface area (Å²) in [6.07, 6.45) is 9.48. The summed E-state index contributed by atoms with van der Waals surface area (Å²) in [6.45, 7) is 2.98. The van der Waals surface area contributed by atoms with Crippen molar-refractivity contribution in [1.29, 1.82) is 0 Å². The van der Waals surface area contributed by atoms with E-state index in [1.165, 1.54) is 11.1 Å². The molecule has 4 nitrogen and oxygen atoms in total. The van der Waals surface area contributed by atoms with Gasteiger partial charge < -0.3 is 5.32 Å². The van der Waals surface area contributed by atoms with Crippen molar-refractivity contribution in [2.45, 2.75) is 19.8 Å². The molecule has 0 aliphatic heterocycles. The quantitative estimate of drug-likeness (QED) is 0.727. The van der Waals surface area contributed by atoms with Crippen molar-refractivity contribution in [2.75, 3.05) is 11.9 Å². The number of fused-ring (bicyclic) bond motifs is 1. The van der Waals surface area contributed by atoms with Crippen molar-refractivity contribution < 1.29 is 0 Å². The van der Waals surface area contributed by atoms with E-state index in [0.717, 1.165) is 36.1 Å². The van der Waals surface area contributed by atoms with Crippen molar-refractivity contribution >= 4 is 16.7 Å². The van der Waals surface area contributed by atoms with Gasteiger partial charge in [0.05, 0.1) is 0 Å². The smallest absolute Gasteiger partial charge is 0.152 e. The molecule has 3 rings (SSSR count). The number of pyridine rings is 3. The molecule has 0 amide bonds. The average Bonchev–Trinajstić information content (AvgIpc) is 2.53. The van der Waals surface area contributed by atoms with Crippen LogP contribution in [0.3, 0.4) is 0 Å². The van der Waals surface area contributed by atoms with Crippen LogP contribution in [0.5, 0.6) is 0 Å². The second kappa shape index (κ2) is 6.31. The number of hydrogen-bond acceptors (Lipinski definition) is 4. The predicted molar refractivity (Wildman–Crippen MR) is 85.3 cm³/mol. The molecule has 0 spiro atoms. The topological polar surface area (TPSA) is 50.7 Å². The minimum atomic E-state index is 0.861. The highest BCUT2D eigenvalue weighted by Crippen LogP contribution is 2.17. The van der Waals surface area contributed by atoms with Crippen molar-refractivity contribution in [1.82, 2.24) is 15.0 Å². The Hall–Kier alpha value is -2.49. The molecule has 0 saturated carbocycles. The van der Waals surface area contributed by atoms with Gasteiger partial charge in [0, 0.05) is 36.7 Å². The number of aromatic nitrogens is 3. The lowest BCUT2D eigenvalue weighted by atomic mass is 10.1. The predicted octanol–water partition coefficient (Wildman–Crippen LogP) is 3.38. The van der Waals surface area contributed by atoms with Crippen molar-refractivity contribution in [2.24, 2.45) is 0 Å². The highest BCUT2D eigenvalue weighted by atomic mass is 15.0. The molecule has 3 aromatic heterocycles. The van der Waals surface area contributed by atoms with E-state index >= 15 is 0 Å². The normalized spacial score (nSPS) is 10.7. The summed E-state index contributed by atoms with van der Waals surface area (Å²) in [7, 11) is 0. The van der Waals surface area contributed by atoms with Crippen LogP contribution < -0.4 is 5.32 Å². The van der Waals surface area contributed by atoms with Crippen LogP contribution in [0.4, 0.5) is 5.82 Å². The molecular formula is C17H18N4. The molecule has 0 saturated heterocycles. The Bertz CT molecular complexity index is 734. The van der Waals surface area contributed by atoms with Crippen LogP contribution in [0.25, 0.3) is 10.9 Å². The molecule has 106 valence electrons. The van der Waals surface area contributed by atoms with Gasteiger partial charge in [-0.25, -0.2) is 4.98 Å². The first-order valence-corrected chi connectivity index (χ1v) is 7.18. The Morgan fingerprint density at radius 2 is 2.00 bits per heavy atom. The van der Waals surface area contributed by atoms with Gasteiger partial charge in [-0.3, -0.25) is 9.97 Å². The van der Waals surface area contributed by atoms with E-state index in [-0.39, 0.29) is 0 Å². The third-order valence-corrected chi connectivity index (χ3v) is 3.57. The number of nitrogens with zero attached hydrogens (tertiary/aromatic N) is 3. The van der Waals surface area contributed by atoms with Gasteiger partial charge in [0.15, 0.2) is 5.82 Å². The van der Waals surface area contributed by atoms with Crippen molar-refractivity contribution in [3.8, 4) is 0 Å². The Kier molecular flexibility index (Phi) is 4.05. The molecule has 0 aromatic carbocycles. The zero-order chi connectivity index (χ0) is 14.5. The van der Waals surface area contributed by atoms with Gasteiger partial charge in [-0.15, -0.1) is 0 Å². The third kappa shape index (κ3) is 3.16. The van der Waals surface area contributed by atoms with Crippen LogP contribution in [0.15, 0.2) is 49.1 Å². The minimum Gasteiger partial charge on any atom is -0.368 e. The van der Waals surface area contributed by atoms with Gasteiger partial charge in [-0.05, 0) is 49.1 Å². The van der Waals surface area contributed by atoms with Gasteiger partial charge in [-0.1, -0.05) is 6.07 Å².